The van der Waals surface area contributed by atoms with E-state index in [9.17, 15) is 4.79 Å². The Balaban J connectivity index is 1.16. The molecule has 1 saturated heterocycles. The summed E-state index contributed by atoms with van der Waals surface area (Å²) in [6.45, 7) is 1.54. The van der Waals surface area contributed by atoms with Crippen molar-refractivity contribution < 1.29 is 14.1 Å². The fourth-order valence-electron chi connectivity index (χ4n) is 5.11. The zero-order valence-electron chi connectivity index (χ0n) is 18.8. The molecule has 3 heterocycles. The van der Waals surface area contributed by atoms with Crippen molar-refractivity contribution in [3.05, 3.63) is 42.5 Å². The summed E-state index contributed by atoms with van der Waals surface area (Å²) in [7, 11) is 0. The standard InChI is InChI=1S/C25H26N6O3/c32-25(16-4-1-2-5-16)31-12-10-19(11-13-31)33-20-7-3-6-17(14-20)23-21-15-18(24-26-29-30-27-24)8-9-22(21)28-34-23/h3,6-9,14-16,19H,1-2,4-5,10-13H2,(H,26,27,29,30). The molecule has 0 spiro atoms. The Morgan fingerprint density at radius 2 is 1.88 bits per heavy atom. The van der Waals surface area contributed by atoms with Crippen molar-refractivity contribution in [2.45, 2.75) is 44.6 Å². The molecule has 0 bridgehead atoms. The number of piperidine rings is 1. The van der Waals surface area contributed by atoms with Crippen molar-refractivity contribution in [3.8, 4) is 28.5 Å². The normalized spacial score (nSPS) is 17.5. The second-order valence-electron chi connectivity index (χ2n) is 9.15. The van der Waals surface area contributed by atoms with E-state index >= 15 is 0 Å². The molecular weight excluding hydrogens is 432 g/mol. The van der Waals surface area contributed by atoms with Crippen LogP contribution in [0.25, 0.3) is 33.6 Å². The van der Waals surface area contributed by atoms with Crippen LogP contribution in [0.4, 0.5) is 0 Å². The summed E-state index contributed by atoms with van der Waals surface area (Å²) in [5.74, 6) is 2.64. The second-order valence-corrected chi connectivity index (χ2v) is 9.15. The number of carbonyl (C=O) groups is 1. The number of ether oxygens (including phenoxy) is 1. The highest BCUT2D eigenvalue weighted by Gasteiger charge is 2.30. The highest BCUT2D eigenvalue weighted by atomic mass is 16.5. The van der Waals surface area contributed by atoms with Crippen LogP contribution in [0.2, 0.25) is 0 Å². The second kappa shape index (κ2) is 8.89. The molecule has 4 aromatic rings. The molecule has 1 amide bonds. The molecule has 34 heavy (non-hydrogen) atoms. The fourth-order valence-corrected chi connectivity index (χ4v) is 5.11. The van der Waals surface area contributed by atoms with Crippen LogP contribution in [0.15, 0.2) is 47.0 Å². The predicted octanol–water partition coefficient (Wildman–Crippen LogP) is 4.23. The topological polar surface area (TPSA) is 110 Å². The minimum Gasteiger partial charge on any atom is -0.490 e. The summed E-state index contributed by atoms with van der Waals surface area (Å²) in [4.78, 5) is 14.7. The lowest BCUT2D eigenvalue weighted by molar-refractivity contribution is -0.137. The summed E-state index contributed by atoms with van der Waals surface area (Å²) in [5.41, 5.74) is 2.51. The molecule has 1 aliphatic carbocycles. The molecular formula is C25H26N6O3. The van der Waals surface area contributed by atoms with Crippen LogP contribution in [0, 0.1) is 5.92 Å². The summed E-state index contributed by atoms with van der Waals surface area (Å²) >= 11 is 0. The Morgan fingerprint density at radius 3 is 2.68 bits per heavy atom. The molecule has 2 aliphatic rings. The fraction of sp³-hybridized carbons (Fsp3) is 0.400. The number of carbonyl (C=O) groups excluding carboxylic acids is 1. The number of likely N-dealkylation sites (tertiary alicyclic amines) is 1. The number of tetrazole rings is 1. The molecule has 1 aliphatic heterocycles. The van der Waals surface area contributed by atoms with Gasteiger partial charge in [0, 0.05) is 43.0 Å². The number of benzene rings is 2. The number of rotatable bonds is 5. The smallest absolute Gasteiger partial charge is 0.225 e. The Bertz CT molecular complexity index is 1290. The van der Waals surface area contributed by atoms with Gasteiger partial charge in [-0.15, -0.1) is 5.10 Å². The third-order valence-corrected chi connectivity index (χ3v) is 6.95. The van der Waals surface area contributed by atoms with E-state index < -0.39 is 0 Å². The van der Waals surface area contributed by atoms with Gasteiger partial charge >= 0.3 is 0 Å². The van der Waals surface area contributed by atoms with Crippen molar-refractivity contribution in [1.82, 2.24) is 30.7 Å². The number of aromatic amines is 1. The van der Waals surface area contributed by atoms with E-state index in [0.717, 1.165) is 66.6 Å². The van der Waals surface area contributed by atoms with Gasteiger partial charge in [-0.3, -0.25) is 4.79 Å². The van der Waals surface area contributed by atoms with E-state index in [-0.39, 0.29) is 12.0 Å². The first-order valence-electron chi connectivity index (χ1n) is 11.9. The molecule has 2 fully saturated rings. The van der Waals surface area contributed by atoms with Gasteiger partial charge in [0.15, 0.2) is 11.6 Å². The number of nitrogens with one attached hydrogen (secondary N) is 1. The Labute approximate surface area is 196 Å². The maximum atomic E-state index is 12.7. The lowest BCUT2D eigenvalue weighted by Gasteiger charge is -2.33. The van der Waals surface area contributed by atoms with Crippen molar-refractivity contribution in [3.63, 3.8) is 0 Å². The quantitative estimate of drug-likeness (QED) is 0.476. The van der Waals surface area contributed by atoms with Gasteiger partial charge in [-0.05, 0) is 53.6 Å². The van der Waals surface area contributed by atoms with E-state index in [1.807, 2.05) is 47.4 Å². The van der Waals surface area contributed by atoms with Gasteiger partial charge in [0.1, 0.15) is 17.4 Å². The first kappa shape index (κ1) is 20.8. The molecule has 1 saturated carbocycles. The predicted molar refractivity (Wildman–Crippen MR) is 125 cm³/mol. The molecule has 0 atom stereocenters. The number of amides is 1. The van der Waals surface area contributed by atoms with Crippen LogP contribution in [0.1, 0.15) is 38.5 Å². The highest BCUT2D eigenvalue weighted by Crippen LogP contribution is 2.34. The molecule has 2 aromatic carbocycles. The number of hydrogen-bond acceptors (Lipinski definition) is 7. The Kier molecular flexibility index (Phi) is 5.44. The zero-order chi connectivity index (χ0) is 22.9. The van der Waals surface area contributed by atoms with Crippen LogP contribution in [-0.4, -0.2) is 55.8 Å². The molecule has 2 aromatic heterocycles. The van der Waals surface area contributed by atoms with Gasteiger partial charge in [0.25, 0.3) is 0 Å². The number of aromatic nitrogens is 5. The summed E-state index contributed by atoms with van der Waals surface area (Å²) in [6, 6.07) is 13.7. The van der Waals surface area contributed by atoms with Crippen molar-refractivity contribution >= 4 is 16.8 Å². The number of H-pyrrole nitrogens is 1. The maximum absolute atomic E-state index is 12.7. The molecule has 174 valence electrons. The molecule has 0 unspecified atom stereocenters. The Hall–Kier alpha value is -3.75. The first-order valence-corrected chi connectivity index (χ1v) is 11.9. The summed E-state index contributed by atoms with van der Waals surface area (Å²) < 4.78 is 12.0. The molecule has 0 radical (unpaired) electrons. The van der Waals surface area contributed by atoms with Gasteiger partial charge in [0.05, 0.1) is 5.39 Å². The first-order chi connectivity index (χ1) is 16.7. The molecule has 1 N–H and O–H groups in total. The molecule has 9 nitrogen and oxygen atoms in total. The summed E-state index contributed by atoms with van der Waals surface area (Å²) in [5, 5.41) is 19.2. The van der Waals surface area contributed by atoms with E-state index in [1.165, 1.54) is 12.8 Å². The van der Waals surface area contributed by atoms with Gasteiger partial charge in [-0.1, -0.05) is 30.1 Å². The van der Waals surface area contributed by atoms with Crippen molar-refractivity contribution in [1.29, 1.82) is 0 Å². The van der Waals surface area contributed by atoms with Crippen LogP contribution >= 0.6 is 0 Å². The van der Waals surface area contributed by atoms with Crippen LogP contribution in [0.3, 0.4) is 0 Å². The lowest BCUT2D eigenvalue weighted by Crippen LogP contribution is -2.43. The van der Waals surface area contributed by atoms with E-state index in [1.54, 1.807) is 0 Å². The monoisotopic (exact) mass is 458 g/mol. The van der Waals surface area contributed by atoms with E-state index in [2.05, 4.69) is 25.8 Å². The van der Waals surface area contributed by atoms with Crippen LogP contribution in [0.5, 0.6) is 5.75 Å². The van der Waals surface area contributed by atoms with Gasteiger partial charge in [0.2, 0.25) is 5.91 Å². The summed E-state index contributed by atoms with van der Waals surface area (Å²) in [6.07, 6.45) is 6.27. The number of nitrogens with zero attached hydrogens (tertiary/aromatic N) is 5. The van der Waals surface area contributed by atoms with Crippen LogP contribution < -0.4 is 4.74 Å². The van der Waals surface area contributed by atoms with Gasteiger partial charge in [-0.2, -0.15) is 0 Å². The number of hydrogen-bond donors (Lipinski definition) is 1. The van der Waals surface area contributed by atoms with Gasteiger partial charge in [-0.25, -0.2) is 5.10 Å². The lowest BCUT2D eigenvalue weighted by atomic mass is 10.0. The molecule has 6 rings (SSSR count). The largest absolute Gasteiger partial charge is 0.490 e. The van der Waals surface area contributed by atoms with Gasteiger partial charge < -0.3 is 14.2 Å². The van der Waals surface area contributed by atoms with Crippen molar-refractivity contribution in [2.24, 2.45) is 5.92 Å². The van der Waals surface area contributed by atoms with Crippen molar-refractivity contribution in [2.75, 3.05) is 13.1 Å². The number of fused-ring (bicyclic) bond motifs is 1. The third kappa shape index (κ3) is 4.02. The molecule has 9 heteroatoms. The average Bonchev–Trinajstić information content (AvgIpc) is 3.66. The van der Waals surface area contributed by atoms with Crippen LogP contribution in [-0.2, 0) is 4.79 Å². The minimum absolute atomic E-state index is 0.0971. The minimum atomic E-state index is 0.0971. The maximum Gasteiger partial charge on any atom is 0.225 e. The average molecular weight is 459 g/mol. The van der Waals surface area contributed by atoms with E-state index in [4.69, 9.17) is 9.26 Å². The Morgan fingerprint density at radius 1 is 1.03 bits per heavy atom. The zero-order valence-corrected chi connectivity index (χ0v) is 18.8. The van der Waals surface area contributed by atoms with E-state index in [0.29, 0.717) is 17.5 Å². The highest BCUT2D eigenvalue weighted by molar-refractivity contribution is 5.94. The third-order valence-electron chi connectivity index (χ3n) is 6.95. The SMILES string of the molecule is O=C(C1CCCC1)N1CCC(Oc2cccc(-c3onc4ccc(-c5nnn[nH]5)cc34)c2)CC1.